The number of benzene rings is 1. The molecule has 0 saturated heterocycles. The smallest absolute Gasteiger partial charge is 0.274 e. The first-order chi connectivity index (χ1) is 10.1. The van der Waals surface area contributed by atoms with E-state index in [1.807, 2.05) is 6.92 Å². The highest BCUT2D eigenvalue weighted by Crippen LogP contribution is 2.23. The lowest BCUT2D eigenvalue weighted by Crippen LogP contribution is -2.16. The number of rotatable bonds is 4. The maximum Gasteiger partial charge on any atom is 0.274 e. The van der Waals surface area contributed by atoms with Crippen molar-refractivity contribution in [1.82, 2.24) is 9.97 Å². The standard InChI is InChI=1S/C15H15ClN4O/c1-9-8-13(20-15(17-9)19-12-6-7-12)14(21)18-11-4-2-10(16)3-5-11/h2-5,8,12H,6-7H2,1H3,(H,18,21)(H,17,19,20). The molecule has 1 aliphatic rings. The highest BCUT2D eigenvalue weighted by Gasteiger charge is 2.22. The van der Waals surface area contributed by atoms with Crippen LogP contribution in [0.15, 0.2) is 30.3 Å². The number of aromatic nitrogens is 2. The maximum atomic E-state index is 12.2. The van der Waals surface area contributed by atoms with Gasteiger partial charge in [-0.15, -0.1) is 0 Å². The molecule has 1 saturated carbocycles. The van der Waals surface area contributed by atoms with Crippen molar-refractivity contribution in [1.29, 1.82) is 0 Å². The third kappa shape index (κ3) is 3.70. The molecular weight excluding hydrogens is 288 g/mol. The highest BCUT2D eigenvalue weighted by atomic mass is 35.5. The van der Waals surface area contributed by atoms with Gasteiger partial charge in [0.15, 0.2) is 0 Å². The van der Waals surface area contributed by atoms with Crippen LogP contribution in [0.25, 0.3) is 0 Å². The van der Waals surface area contributed by atoms with Gasteiger partial charge in [0.1, 0.15) is 5.69 Å². The minimum atomic E-state index is -0.262. The van der Waals surface area contributed by atoms with E-state index >= 15 is 0 Å². The first-order valence-electron chi connectivity index (χ1n) is 6.79. The van der Waals surface area contributed by atoms with Gasteiger partial charge in [-0.2, -0.15) is 0 Å². The number of nitrogens with zero attached hydrogens (tertiary/aromatic N) is 2. The lowest BCUT2D eigenvalue weighted by Gasteiger charge is -2.08. The van der Waals surface area contributed by atoms with E-state index in [0.717, 1.165) is 18.5 Å². The Morgan fingerprint density at radius 2 is 1.95 bits per heavy atom. The summed E-state index contributed by atoms with van der Waals surface area (Å²) >= 11 is 5.82. The Morgan fingerprint density at radius 3 is 2.62 bits per heavy atom. The quantitative estimate of drug-likeness (QED) is 0.909. The molecule has 6 heteroatoms. The molecule has 0 unspecified atom stereocenters. The van der Waals surface area contributed by atoms with Crippen molar-refractivity contribution >= 4 is 29.1 Å². The molecule has 0 aliphatic heterocycles. The minimum absolute atomic E-state index is 0.262. The van der Waals surface area contributed by atoms with Crippen LogP contribution >= 0.6 is 11.6 Å². The van der Waals surface area contributed by atoms with Gasteiger partial charge in [-0.05, 0) is 50.1 Å². The Balaban J connectivity index is 1.76. The molecule has 2 aromatic rings. The fourth-order valence-corrected chi connectivity index (χ4v) is 2.01. The molecule has 2 N–H and O–H groups in total. The number of carbonyl (C=O) groups is 1. The van der Waals surface area contributed by atoms with Gasteiger partial charge < -0.3 is 10.6 Å². The van der Waals surface area contributed by atoms with Gasteiger partial charge in [0.2, 0.25) is 5.95 Å². The summed E-state index contributed by atoms with van der Waals surface area (Å²) in [7, 11) is 0. The van der Waals surface area contributed by atoms with E-state index in [2.05, 4.69) is 20.6 Å². The zero-order valence-corrected chi connectivity index (χ0v) is 12.3. The van der Waals surface area contributed by atoms with Crippen LogP contribution in [0, 0.1) is 6.92 Å². The molecule has 0 spiro atoms. The molecule has 0 radical (unpaired) electrons. The van der Waals surface area contributed by atoms with E-state index in [4.69, 9.17) is 11.6 Å². The Hall–Kier alpha value is -2.14. The van der Waals surface area contributed by atoms with E-state index in [1.54, 1.807) is 30.3 Å². The third-order valence-electron chi connectivity index (χ3n) is 3.10. The summed E-state index contributed by atoms with van der Waals surface area (Å²) in [5.74, 6) is 0.250. The van der Waals surface area contributed by atoms with Gasteiger partial charge in [0.05, 0.1) is 0 Å². The number of amides is 1. The molecule has 108 valence electrons. The van der Waals surface area contributed by atoms with Crippen LogP contribution in [-0.4, -0.2) is 21.9 Å². The second-order valence-corrected chi connectivity index (χ2v) is 5.53. The molecule has 1 amide bonds. The Bertz CT molecular complexity index is 668. The van der Waals surface area contributed by atoms with Crippen molar-refractivity contribution in [2.45, 2.75) is 25.8 Å². The summed E-state index contributed by atoms with van der Waals surface area (Å²) in [6.07, 6.45) is 2.26. The summed E-state index contributed by atoms with van der Waals surface area (Å²) in [5.41, 5.74) is 1.78. The van der Waals surface area contributed by atoms with Gasteiger partial charge in [0, 0.05) is 22.4 Å². The summed E-state index contributed by atoms with van der Waals surface area (Å²) in [6.45, 7) is 1.85. The van der Waals surface area contributed by atoms with Crippen molar-refractivity contribution in [3.8, 4) is 0 Å². The summed E-state index contributed by atoms with van der Waals surface area (Å²) in [4.78, 5) is 20.8. The van der Waals surface area contributed by atoms with Crippen LogP contribution in [-0.2, 0) is 0 Å². The number of halogens is 1. The Labute approximate surface area is 127 Å². The van der Waals surface area contributed by atoms with Crippen molar-refractivity contribution < 1.29 is 4.79 Å². The largest absolute Gasteiger partial charge is 0.351 e. The lowest BCUT2D eigenvalue weighted by molar-refractivity contribution is 0.102. The SMILES string of the molecule is Cc1cc(C(=O)Nc2ccc(Cl)cc2)nc(NC2CC2)n1. The molecule has 21 heavy (non-hydrogen) atoms. The van der Waals surface area contributed by atoms with Crippen LogP contribution in [0.5, 0.6) is 0 Å². The van der Waals surface area contributed by atoms with Gasteiger partial charge in [-0.3, -0.25) is 4.79 Å². The first-order valence-corrected chi connectivity index (χ1v) is 7.17. The second kappa shape index (κ2) is 5.69. The summed E-state index contributed by atoms with van der Waals surface area (Å²) in [5, 5.41) is 6.62. The van der Waals surface area contributed by atoms with Crippen LogP contribution in [0.4, 0.5) is 11.6 Å². The van der Waals surface area contributed by atoms with Crippen molar-refractivity contribution in [3.63, 3.8) is 0 Å². The topological polar surface area (TPSA) is 66.9 Å². The second-order valence-electron chi connectivity index (χ2n) is 5.10. The first kappa shape index (κ1) is 13.8. The third-order valence-corrected chi connectivity index (χ3v) is 3.35. The summed E-state index contributed by atoms with van der Waals surface area (Å²) < 4.78 is 0. The van der Waals surface area contributed by atoms with Gasteiger partial charge in [-0.1, -0.05) is 11.6 Å². The van der Waals surface area contributed by atoms with Crippen LogP contribution in [0.2, 0.25) is 5.02 Å². The molecule has 5 nitrogen and oxygen atoms in total. The number of hydrogen-bond donors (Lipinski definition) is 2. The average molecular weight is 303 g/mol. The van der Waals surface area contributed by atoms with Crippen LogP contribution in [0.3, 0.4) is 0 Å². The number of nitrogens with one attached hydrogen (secondary N) is 2. The fraction of sp³-hybridized carbons (Fsp3) is 0.267. The molecule has 1 fully saturated rings. The fourth-order valence-electron chi connectivity index (χ4n) is 1.89. The Kier molecular flexibility index (Phi) is 3.75. The average Bonchev–Trinajstić information content (AvgIpc) is 3.24. The molecule has 1 aromatic carbocycles. The van der Waals surface area contributed by atoms with E-state index in [9.17, 15) is 4.79 Å². The Morgan fingerprint density at radius 1 is 1.24 bits per heavy atom. The number of hydrogen-bond acceptors (Lipinski definition) is 4. The molecule has 0 bridgehead atoms. The molecule has 0 atom stereocenters. The van der Waals surface area contributed by atoms with E-state index < -0.39 is 0 Å². The number of anilines is 2. The molecule has 1 heterocycles. The predicted octanol–water partition coefficient (Wildman–Crippen LogP) is 3.27. The van der Waals surface area contributed by atoms with Crippen LogP contribution < -0.4 is 10.6 Å². The summed E-state index contributed by atoms with van der Waals surface area (Å²) in [6, 6.07) is 9.06. The number of carbonyl (C=O) groups excluding carboxylic acids is 1. The minimum Gasteiger partial charge on any atom is -0.351 e. The van der Waals surface area contributed by atoms with Crippen molar-refractivity contribution in [3.05, 3.63) is 46.7 Å². The van der Waals surface area contributed by atoms with Crippen LogP contribution in [0.1, 0.15) is 29.0 Å². The van der Waals surface area contributed by atoms with Crippen molar-refractivity contribution in [2.75, 3.05) is 10.6 Å². The van der Waals surface area contributed by atoms with Gasteiger partial charge in [-0.25, -0.2) is 9.97 Å². The van der Waals surface area contributed by atoms with E-state index in [0.29, 0.717) is 28.4 Å². The molecular formula is C15H15ClN4O. The highest BCUT2D eigenvalue weighted by molar-refractivity contribution is 6.30. The molecule has 3 rings (SSSR count). The zero-order valence-electron chi connectivity index (χ0n) is 11.6. The monoisotopic (exact) mass is 302 g/mol. The zero-order chi connectivity index (χ0) is 14.8. The van der Waals surface area contributed by atoms with Gasteiger partial charge >= 0.3 is 0 Å². The van der Waals surface area contributed by atoms with Gasteiger partial charge in [0.25, 0.3) is 5.91 Å². The predicted molar refractivity (Wildman–Crippen MR) is 82.8 cm³/mol. The van der Waals surface area contributed by atoms with E-state index in [-0.39, 0.29) is 5.91 Å². The molecule has 1 aromatic heterocycles. The van der Waals surface area contributed by atoms with E-state index in [1.165, 1.54) is 0 Å². The molecule has 1 aliphatic carbocycles. The van der Waals surface area contributed by atoms with Crippen molar-refractivity contribution in [2.24, 2.45) is 0 Å². The maximum absolute atomic E-state index is 12.2. The normalized spacial score (nSPS) is 13.8. The lowest BCUT2D eigenvalue weighted by atomic mass is 10.3. The number of aryl methyl sites for hydroxylation is 1.